The number of hydrogen-bond donors (Lipinski definition) is 0. The van der Waals surface area contributed by atoms with Gasteiger partial charge in [0.2, 0.25) is 0 Å². The summed E-state index contributed by atoms with van der Waals surface area (Å²) in [6.45, 7) is 7.02. The molecule has 0 aliphatic heterocycles. The van der Waals surface area contributed by atoms with Crippen molar-refractivity contribution < 1.29 is 19.1 Å². The van der Waals surface area contributed by atoms with Crippen LogP contribution < -0.4 is 0 Å². The van der Waals surface area contributed by atoms with E-state index in [1.807, 2.05) is 0 Å². The number of rotatable bonds is 20. The molecule has 166 valence electrons. The van der Waals surface area contributed by atoms with E-state index in [0.29, 0.717) is 19.4 Å². The molecule has 28 heavy (non-hydrogen) atoms. The van der Waals surface area contributed by atoms with Crippen molar-refractivity contribution in [2.24, 2.45) is 0 Å². The first kappa shape index (κ1) is 26.9. The summed E-state index contributed by atoms with van der Waals surface area (Å²) in [6.07, 6.45) is 17.4. The second-order valence-electron chi connectivity index (χ2n) is 7.92. The monoisotopic (exact) mass is 398 g/mol. The Morgan fingerprint density at radius 3 is 1.79 bits per heavy atom. The van der Waals surface area contributed by atoms with Gasteiger partial charge in [0.05, 0.1) is 6.61 Å². The minimum atomic E-state index is -0.0493. The molecule has 0 aromatic rings. The zero-order chi connectivity index (χ0) is 20.9. The molecule has 0 aromatic heterocycles. The van der Waals surface area contributed by atoms with Gasteiger partial charge >= 0.3 is 11.9 Å². The number of ether oxygens (including phenoxy) is 2. The van der Waals surface area contributed by atoms with Crippen molar-refractivity contribution in [1.29, 1.82) is 0 Å². The average Bonchev–Trinajstić information content (AvgIpc) is 2.69. The minimum absolute atomic E-state index is 0.0413. The van der Waals surface area contributed by atoms with Gasteiger partial charge < -0.3 is 9.47 Å². The number of unbranched alkanes of at least 4 members (excludes halogenated alkanes) is 10. The molecule has 0 spiro atoms. The van der Waals surface area contributed by atoms with Crippen LogP contribution >= 0.6 is 0 Å². The van der Waals surface area contributed by atoms with E-state index in [4.69, 9.17) is 9.47 Å². The number of carbonyl (C=O) groups excluding carboxylic acids is 2. The number of carbonyl (C=O) groups is 2. The predicted octanol–water partition coefficient (Wildman–Crippen LogP) is 7.13. The van der Waals surface area contributed by atoms with Gasteiger partial charge in [-0.1, -0.05) is 85.0 Å². The van der Waals surface area contributed by atoms with Gasteiger partial charge in [0, 0.05) is 12.8 Å². The summed E-state index contributed by atoms with van der Waals surface area (Å²) in [6, 6.07) is 0. The second kappa shape index (κ2) is 20.7. The molecule has 0 N–H and O–H groups in total. The maximum Gasteiger partial charge on any atom is 0.306 e. The molecule has 0 aliphatic rings. The van der Waals surface area contributed by atoms with E-state index in [2.05, 4.69) is 20.8 Å². The Bertz CT molecular complexity index is 368. The summed E-state index contributed by atoms with van der Waals surface area (Å²) in [5.74, 6) is -0.0906. The first-order valence-electron chi connectivity index (χ1n) is 12.0. The molecule has 4 heteroatoms. The Balaban J connectivity index is 3.42. The fourth-order valence-electron chi connectivity index (χ4n) is 3.23. The Kier molecular flexibility index (Phi) is 19.9. The summed E-state index contributed by atoms with van der Waals surface area (Å²) in [5, 5.41) is 0. The van der Waals surface area contributed by atoms with Crippen molar-refractivity contribution in [3.8, 4) is 0 Å². The summed E-state index contributed by atoms with van der Waals surface area (Å²) < 4.78 is 10.8. The topological polar surface area (TPSA) is 52.6 Å². The lowest BCUT2D eigenvalue weighted by atomic mass is 10.1. The van der Waals surface area contributed by atoms with Crippen LogP contribution in [0.2, 0.25) is 0 Å². The van der Waals surface area contributed by atoms with Crippen LogP contribution in [0.1, 0.15) is 130 Å². The van der Waals surface area contributed by atoms with Gasteiger partial charge in [-0.15, -0.1) is 0 Å². The summed E-state index contributed by atoms with van der Waals surface area (Å²) in [7, 11) is 0. The highest BCUT2D eigenvalue weighted by atomic mass is 16.5. The van der Waals surface area contributed by atoms with E-state index in [0.717, 1.165) is 77.0 Å². The normalized spacial score (nSPS) is 12.0. The molecular weight excluding hydrogens is 352 g/mol. The van der Waals surface area contributed by atoms with Crippen molar-refractivity contribution in [3.05, 3.63) is 0 Å². The average molecular weight is 399 g/mol. The molecule has 1 unspecified atom stereocenters. The molecule has 0 aromatic carbocycles. The number of esters is 2. The van der Waals surface area contributed by atoms with Gasteiger partial charge in [-0.2, -0.15) is 0 Å². The Morgan fingerprint density at radius 1 is 0.643 bits per heavy atom. The lowest BCUT2D eigenvalue weighted by Crippen LogP contribution is -2.17. The zero-order valence-corrected chi connectivity index (χ0v) is 18.9. The second-order valence-corrected chi connectivity index (χ2v) is 7.92. The highest BCUT2D eigenvalue weighted by Gasteiger charge is 2.11. The molecule has 0 heterocycles. The molecule has 0 saturated carbocycles. The fraction of sp³-hybridized carbons (Fsp3) is 0.917. The van der Waals surface area contributed by atoms with Gasteiger partial charge in [-0.25, -0.2) is 0 Å². The van der Waals surface area contributed by atoms with Crippen LogP contribution in [0.5, 0.6) is 0 Å². The molecule has 0 aliphatic carbocycles. The molecule has 1 atom stereocenters. The smallest absolute Gasteiger partial charge is 0.306 e. The molecule has 0 bridgehead atoms. The lowest BCUT2D eigenvalue weighted by molar-refractivity contribution is -0.149. The maximum absolute atomic E-state index is 11.9. The Labute approximate surface area is 174 Å². The van der Waals surface area contributed by atoms with Crippen LogP contribution in [-0.2, 0) is 19.1 Å². The molecule has 0 amide bonds. The van der Waals surface area contributed by atoms with Crippen molar-refractivity contribution in [2.75, 3.05) is 6.61 Å². The Hall–Kier alpha value is -1.06. The minimum Gasteiger partial charge on any atom is -0.466 e. The third-order valence-electron chi connectivity index (χ3n) is 5.16. The van der Waals surface area contributed by atoms with Gasteiger partial charge in [-0.3, -0.25) is 9.59 Å². The molecule has 4 nitrogen and oxygen atoms in total. The highest BCUT2D eigenvalue weighted by Crippen LogP contribution is 2.13. The molecule has 0 radical (unpaired) electrons. The van der Waals surface area contributed by atoms with Gasteiger partial charge in [0.15, 0.2) is 0 Å². The maximum atomic E-state index is 11.9. The van der Waals surface area contributed by atoms with E-state index in [1.165, 1.54) is 19.3 Å². The van der Waals surface area contributed by atoms with E-state index < -0.39 is 0 Å². The highest BCUT2D eigenvalue weighted by molar-refractivity contribution is 5.69. The standard InChI is InChI=1S/C24H46O4/c1-4-7-9-14-17-21-27-23(25)19-15-12-10-11-13-16-20-24(26)28-22(6-3)18-8-5-2/h22H,4-21H2,1-3H3. The van der Waals surface area contributed by atoms with Gasteiger partial charge in [0.25, 0.3) is 0 Å². The molecule has 0 rings (SSSR count). The van der Waals surface area contributed by atoms with Crippen LogP contribution in [0, 0.1) is 0 Å². The first-order valence-corrected chi connectivity index (χ1v) is 12.0. The summed E-state index contributed by atoms with van der Waals surface area (Å²) >= 11 is 0. The van der Waals surface area contributed by atoms with Gasteiger partial charge in [0.1, 0.15) is 6.10 Å². The van der Waals surface area contributed by atoms with Crippen molar-refractivity contribution in [2.45, 2.75) is 136 Å². The quantitative estimate of drug-likeness (QED) is 0.162. The van der Waals surface area contributed by atoms with E-state index in [1.54, 1.807) is 0 Å². The van der Waals surface area contributed by atoms with E-state index in [9.17, 15) is 9.59 Å². The molecule has 0 saturated heterocycles. The lowest BCUT2D eigenvalue weighted by Gasteiger charge is -2.15. The first-order chi connectivity index (χ1) is 13.6. The summed E-state index contributed by atoms with van der Waals surface area (Å²) in [5.41, 5.74) is 0. The van der Waals surface area contributed by atoms with Crippen molar-refractivity contribution in [1.82, 2.24) is 0 Å². The number of hydrogen-bond acceptors (Lipinski definition) is 4. The van der Waals surface area contributed by atoms with Crippen molar-refractivity contribution in [3.63, 3.8) is 0 Å². The largest absolute Gasteiger partial charge is 0.466 e. The van der Waals surface area contributed by atoms with Gasteiger partial charge in [-0.05, 0) is 32.1 Å². The Morgan fingerprint density at radius 2 is 1.18 bits per heavy atom. The molecular formula is C24H46O4. The summed E-state index contributed by atoms with van der Waals surface area (Å²) in [4.78, 5) is 23.5. The zero-order valence-electron chi connectivity index (χ0n) is 18.9. The van der Waals surface area contributed by atoms with Crippen LogP contribution in [0.25, 0.3) is 0 Å². The predicted molar refractivity (Wildman–Crippen MR) is 116 cm³/mol. The SMILES string of the molecule is CCCCCCCOC(=O)CCCCCCCCC(=O)OC(CC)CCCC. The molecule has 0 fully saturated rings. The third kappa shape index (κ3) is 18.3. The van der Waals surface area contributed by atoms with E-state index in [-0.39, 0.29) is 18.0 Å². The van der Waals surface area contributed by atoms with Crippen LogP contribution in [0.15, 0.2) is 0 Å². The van der Waals surface area contributed by atoms with Crippen LogP contribution in [0.3, 0.4) is 0 Å². The fourth-order valence-corrected chi connectivity index (χ4v) is 3.23. The van der Waals surface area contributed by atoms with E-state index >= 15 is 0 Å². The van der Waals surface area contributed by atoms with Crippen molar-refractivity contribution >= 4 is 11.9 Å². The third-order valence-corrected chi connectivity index (χ3v) is 5.16. The van der Waals surface area contributed by atoms with Crippen LogP contribution in [-0.4, -0.2) is 24.6 Å². The van der Waals surface area contributed by atoms with Crippen LogP contribution in [0.4, 0.5) is 0 Å².